The molecule has 0 spiro atoms. The molecule has 3 rings (SSSR count). The first-order valence-corrected chi connectivity index (χ1v) is 8.85. The Kier molecular flexibility index (Phi) is 5.29. The topological polar surface area (TPSA) is 39.2 Å². The Morgan fingerprint density at radius 2 is 2.21 bits per heavy atom. The summed E-state index contributed by atoms with van der Waals surface area (Å²) in [5.41, 5.74) is 6.08. The molecule has 1 unspecified atom stereocenters. The van der Waals surface area contributed by atoms with Gasteiger partial charge in [0.25, 0.3) is 0 Å². The smallest absolute Gasteiger partial charge is 0.338 e. The van der Waals surface area contributed by atoms with Crippen LogP contribution in [0, 0.1) is 0 Å². The van der Waals surface area contributed by atoms with Crippen LogP contribution >= 0.6 is 0 Å². The molecular weight excluding hydrogens is 298 g/mol. The Balaban J connectivity index is 1.76. The predicted molar refractivity (Wildman–Crippen MR) is 95.4 cm³/mol. The van der Waals surface area contributed by atoms with Crippen molar-refractivity contribution < 1.29 is 9.53 Å². The van der Waals surface area contributed by atoms with Crippen LogP contribution in [-0.2, 0) is 24.0 Å². The summed E-state index contributed by atoms with van der Waals surface area (Å²) < 4.78 is 4.88. The van der Waals surface area contributed by atoms with Crippen molar-refractivity contribution in [1.29, 1.82) is 0 Å². The monoisotopic (exact) mass is 323 g/mol. The molecule has 0 fully saturated rings. The van der Waals surface area contributed by atoms with E-state index in [-0.39, 0.29) is 5.97 Å². The highest BCUT2D eigenvalue weighted by atomic mass is 16.5. The number of ether oxygens (including phenoxy) is 1. The van der Waals surface area contributed by atoms with E-state index in [1.807, 2.05) is 0 Å². The first-order chi connectivity index (χ1) is 11.7. The number of aromatic nitrogens is 1. The Bertz CT molecular complexity index is 724. The molecule has 3 heteroatoms. The van der Waals surface area contributed by atoms with Gasteiger partial charge in [-0.3, -0.25) is 4.98 Å². The van der Waals surface area contributed by atoms with Crippen molar-refractivity contribution in [3.05, 3.63) is 64.5 Å². The van der Waals surface area contributed by atoms with E-state index in [2.05, 4.69) is 30.1 Å². The van der Waals surface area contributed by atoms with Gasteiger partial charge in [-0.15, -0.1) is 0 Å². The summed E-state index contributed by atoms with van der Waals surface area (Å²) in [4.78, 5) is 16.1. The molecule has 2 aromatic rings. The summed E-state index contributed by atoms with van der Waals surface area (Å²) in [7, 11) is 1.43. The summed E-state index contributed by atoms with van der Waals surface area (Å²) >= 11 is 0. The lowest BCUT2D eigenvalue weighted by molar-refractivity contribution is 0.0599. The number of rotatable bonds is 5. The van der Waals surface area contributed by atoms with Gasteiger partial charge < -0.3 is 4.74 Å². The van der Waals surface area contributed by atoms with Gasteiger partial charge in [-0.05, 0) is 72.8 Å². The number of hydrogen-bond donors (Lipinski definition) is 0. The molecule has 1 aliphatic carbocycles. The largest absolute Gasteiger partial charge is 0.465 e. The SMILES string of the molecule is CCc1ccc2c(c1)CCCC2CCc1cnccc1C(=O)OC. The van der Waals surface area contributed by atoms with Gasteiger partial charge in [0.15, 0.2) is 0 Å². The number of nitrogens with zero attached hydrogens (tertiary/aromatic N) is 1. The summed E-state index contributed by atoms with van der Waals surface area (Å²) in [6.07, 6.45) is 10.1. The minimum atomic E-state index is -0.274. The fourth-order valence-electron chi connectivity index (χ4n) is 3.75. The average Bonchev–Trinajstić information content (AvgIpc) is 2.65. The highest BCUT2D eigenvalue weighted by Crippen LogP contribution is 2.35. The fraction of sp³-hybridized carbons (Fsp3) is 0.429. The van der Waals surface area contributed by atoms with Gasteiger partial charge in [-0.25, -0.2) is 4.79 Å². The highest BCUT2D eigenvalue weighted by molar-refractivity contribution is 5.90. The lowest BCUT2D eigenvalue weighted by Crippen LogP contribution is -2.12. The van der Waals surface area contributed by atoms with Crippen molar-refractivity contribution in [2.24, 2.45) is 0 Å². The summed E-state index contributed by atoms with van der Waals surface area (Å²) in [6.45, 7) is 2.21. The average molecular weight is 323 g/mol. The van der Waals surface area contributed by atoms with Gasteiger partial charge >= 0.3 is 5.97 Å². The van der Waals surface area contributed by atoms with E-state index >= 15 is 0 Å². The number of esters is 1. The second kappa shape index (κ2) is 7.61. The molecule has 0 amide bonds. The molecule has 1 atom stereocenters. The second-order valence-electron chi connectivity index (χ2n) is 6.54. The van der Waals surface area contributed by atoms with Crippen LogP contribution in [0.2, 0.25) is 0 Å². The number of pyridine rings is 1. The van der Waals surface area contributed by atoms with Crippen LogP contribution in [0.3, 0.4) is 0 Å². The van der Waals surface area contributed by atoms with Crippen molar-refractivity contribution >= 4 is 5.97 Å². The lowest BCUT2D eigenvalue weighted by atomic mass is 9.79. The number of fused-ring (bicyclic) bond motifs is 1. The predicted octanol–water partition coefficient (Wildman–Crippen LogP) is 4.48. The van der Waals surface area contributed by atoms with E-state index in [0.717, 1.165) is 24.8 Å². The van der Waals surface area contributed by atoms with Crippen LogP contribution in [-0.4, -0.2) is 18.1 Å². The van der Waals surface area contributed by atoms with E-state index in [1.165, 1.54) is 43.1 Å². The number of methoxy groups -OCH3 is 1. The number of hydrogen-bond acceptors (Lipinski definition) is 3. The van der Waals surface area contributed by atoms with Gasteiger partial charge in [-0.2, -0.15) is 0 Å². The molecule has 0 bridgehead atoms. The maximum Gasteiger partial charge on any atom is 0.338 e. The van der Waals surface area contributed by atoms with Crippen molar-refractivity contribution in [2.75, 3.05) is 7.11 Å². The zero-order valence-corrected chi connectivity index (χ0v) is 14.5. The first-order valence-electron chi connectivity index (χ1n) is 8.85. The van der Waals surface area contributed by atoms with Crippen LogP contribution in [0.1, 0.15) is 64.7 Å². The molecule has 0 aliphatic heterocycles. The normalized spacial score (nSPS) is 16.5. The number of aryl methyl sites for hydroxylation is 3. The standard InChI is InChI=1S/C21H25NO2/c1-3-15-7-10-19-16(5-4-6-17(19)13-15)8-9-18-14-22-12-11-20(18)21(23)24-2/h7,10-14,16H,3-6,8-9H2,1-2H3. The number of carbonyl (C=O) groups excluding carboxylic acids is 1. The molecule has 0 saturated heterocycles. The Morgan fingerprint density at radius 1 is 1.33 bits per heavy atom. The minimum Gasteiger partial charge on any atom is -0.465 e. The van der Waals surface area contributed by atoms with Crippen molar-refractivity contribution in [3.8, 4) is 0 Å². The molecule has 1 aliphatic rings. The summed E-state index contributed by atoms with van der Waals surface area (Å²) in [5, 5.41) is 0. The maximum atomic E-state index is 11.9. The number of carbonyl (C=O) groups is 1. The highest BCUT2D eigenvalue weighted by Gasteiger charge is 2.21. The van der Waals surface area contributed by atoms with Crippen LogP contribution in [0.5, 0.6) is 0 Å². The molecule has 24 heavy (non-hydrogen) atoms. The van der Waals surface area contributed by atoms with E-state index < -0.39 is 0 Å². The Morgan fingerprint density at radius 3 is 3.00 bits per heavy atom. The zero-order chi connectivity index (χ0) is 16.9. The molecule has 126 valence electrons. The third-order valence-corrected chi connectivity index (χ3v) is 5.13. The molecule has 1 heterocycles. The molecule has 0 N–H and O–H groups in total. The minimum absolute atomic E-state index is 0.274. The summed E-state index contributed by atoms with van der Waals surface area (Å²) in [6, 6.07) is 8.72. The van der Waals surface area contributed by atoms with E-state index in [4.69, 9.17) is 4.74 Å². The molecule has 1 aromatic carbocycles. The van der Waals surface area contributed by atoms with Crippen LogP contribution in [0.4, 0.5) is 0 Å². The van der Waals surface area contributed by atoms with Gasteiger partial charge in [0, 0.05) is 12.4 Å². The lowest BCUT2D eigenvalue weighted by Gasteiger charge is -2.26. The van der Waals surface area contributed by atoms with Gasteiger partial charge in [0.2, 0.25) is 0 Å². The molecule has 0 saturated carbocycles. The van der Waals surface area contributed by atoms with Crippen LogP contribution < -0.4 is 0 Å². The van der Waals surface area contributed by atoms with Crippen molar-refractivity contribution in [2.45, 2.75) is 51.4 Å². The van der Waals surface area contributed by atoms with Crippen LogP contribution in [0.25, 0.3) is 0 Å². The fourth-order valence-corrected chi connectivity index (χ4v) is 3.75. The van der Waals surface area contributed by atoms with Gasteiger partial charge in [-0.1, -0.05) is 25.1 Å². The third kappa shape index (κ3) is 3.50. The summed E-state index contributed by atoms with van der Waals surface area (Å²) in [5.74, 6) is 0.300. The second-order valence-corrected chi connectivity index (χ2v) is 6.54. The Labute approximate surface area is 144 Å². The molecular formula is C21H25NO2. The first kappa shape index (κ1) is 16.7. The van der Waals surface area contributed by atoms with Crippen molar-refractivity contribution in [1.82, 2.24) is 4.98 Å². The zero-order valence-electron chi connectivity index (χ0n) is 14.5. The van der Waals surface area contributed by atoms with E-state index in [9.17, 15) is 4.79 Å². The molecule has 3 nitrogen and oxygen atoms in total. The van der Waals surface area contributed by atoms with Crippen LogP contribution in [0.15, 0.2) is 36.7 Å². The quantitative estimate of drug-likeness (QED) is 0.761. The van der Waals surface area contributed by atoms with E-state index in [0.29, 0.717) is 11.5 Å². The number of benzene rings is 1. The Hall–Kier alpha value is -2.16. The maximum absolute atomic E-state index is 11.9. The van der Waals surface area contributed by atoms with Gasteiger partial charge in [0.05, 0.1) is 12.7 Å². The van der Waals surface area contributed by atoms with Crippen molar-refractivity contribution in [3.63, 3.8) is 0 Å². The molecule has 0 radical (unpaired) electrons. The van der Waals surface area contributed by atoms with Gasteiger partial charge in [0.1, 0.15) is 0 Å². The molecule has 1 aromatic heterocycles. The third-order valence-electron chi connectivity index (χ3n) is 5.13. The van der Waals surface area contributed by atoms with E-state index in [1.54, 1.807) is 18.5 Å².